The Kier molecular flexibility index (Phi) is 6.62. The molecule has 0 spiro atoms. The summed E-state index contributed by atoms with van der Waals surface area (Å²) in [5, 5.41) is 2.98. The van der Waals surface area contributed by atoms with Crippen molar-refractivity contribution < 1.29 is 14.4 Å². The van der Waals surface area contributed by atoms with Crippen LogP contribution in [-0.2, 0) is 4.79 Å². The van der Waals surface area contributed by atoms with Crippen LogP contribution in [0.5, 0.6) is 0 Å². The lowest BCUT2D eigenvalue weighted by Gasteiger charge is -2.37. The number of Topliss-reactive ketones (excluding diaryl/α,β-unsaturated/α-hetero) is 1. The second-order valence-corrected chi connectivity index (χ2v) is 7.41. The number of likely N-dealkylation sites (tertiary alicyclic amines) is 1. The van der Waals surface area contributed by atoms with Crippen molar-refractivity contribution >= 4 is 17.6 Å². The quantitative estimate of drug-likeness (QED) is 0.604. The summed E-state index contributed by atoms with van der Waals surface area (Å²) in [7, 11) is 0. The van der Waals surface area contributed by atoms with Crippen molar-refractivity contribution in [2.24, 2.45) is 5.92 Å². The van der Waals surface area contributed by atoms with Crippen LogP contribution in [0.3, 0.4) is 0 Å². The zero-order chi connectivity index (χ0) is 19.4. The Labute approximate surface area is 155 Å². The summed E-state index contributed by atoms with van der Waals surface area (Å²) in [5.74, 6) is -0.311. The maximum atomic E-state index is 13.1. The van der Waals surface area contributed by atoms with Crippen molar-refractivity contribution in [1.82, 2.24) is 15.2 Å². The van der Waals surface area contributed by atoms with Gasteiger partial charge in [0.15, 0.2) is 5.78 Å². The van der Waals surface area contributed by atoms with Gasteiger partial charge in [0, 0.05) is 30.4 Å². The average molecular weight is 361 g/mol. The summed E-state index contributed by atoms with van der Waals surface area (Å²) < 4.78 is 0. The third kappa shape index (κ3) is 4.17. The first-order chi connectivity index (χ1) is 12.3. The second kappa shape index (κ2) is 8.52. The molecule has 26 heavy (non-hydrogen) atoms. The van der Waals surface area contributed by atoms with E-state index in [1.54, 1.807) is 11.8 Å². The lowest BCUT2D eigenvalue weighted by Crippen LogP contribution is -2.49. The highest BCUT2D eigenvalue weighted by atomic mass is 16.2. The van der Waals surface area contributed by atoms with E-state index < -0.39 is 0 Å². The highest BCUT2D eigenvalue weighted by molar-refractivity contribution is 6.02. The van der Waals surface area contributed by atoms with Crippen LogP contribution in [0.1, 0.15) is 78.6 Å². The molecule has 2 N–H and O–H groups in total. The Hall–Kier alpha value is -2.11. The Morgan fingerprint density at radius 2 is 1.92 bits per heavy atom. The van der Waals surface area contributed by atoms with Gasteiger partial charge in [-0.2, -0.15) is 0 Å². The van der Waals surface area contributed by atoms with Crippen LogP contribution in [0.4, 0.5) is 0 Å². The third-order valence-corrected chi connectivity index (χ3v) is 5.35. The van der Waals surface area contributed by atoms with Gasteiger partial charge in [-0.3, -0.25) is 14.4 Å². The van der Waals surface area contributed by atoms with Gasteiger partial charge < -0.3 is 15.2 Å². The van der Waals surface area contributed by atoms with Crippen LogP contribution in [0.15, 0.2) is 0 Å². The maximum absolute atomic E-state index is 13.1. The fourth-order valence-electron chi connectivity index (χ4n) is 3.77. The minimum Gasteiger partial charge on any atom is -0.356 e. The molecule has 144 valence electrons. The number of carbonyl (C=O) groups excluding carboxylic acids is 3. The molecule has 6 heteroatoms. The largest absolute Gasteiger partial charge is 0.356 e. The topological polar surface area (TPSA) is 82.3 Å². The number of piperidine rings is 1. The molecule has 1 aromatic rings. The van der Waals surface area contributed by atoms with E-state index in [9.17, 15) is 14.4 Å². The van der Waals surface area contributed by atoms with Crippen LogP contribution in [0.25, 0.3) is 0 Å². The molecule has 1 aliphatic rings. The number of carbonyl (C=O) groups is 3. The summed E-state index contributed by atoms with van der Waals surface area (Å²) in [6.45, 7) is 10.3. The number of rotatable bonds is 6. The Balaban J connectivity index is 2.16. The molecule has 1 aromatic heterocycles. The van der Waals surface area contributed by atoms with E-state index >= 15 is 0 Å². The van der Waals surface area contributed by atoms with E-state index in [1.165, 1.54) is 6.92 Å². The van der Waals surface area contributed by atoms with Gasteiger partial charge in [-0.1, -0.05) is 13.3 Å². The van der Waals surface area contributed by atoms with Crippen molar-refractivity contribution in [3.63, 3.8) is 0 Å². The number of aromatic amines is 1. The van der Waals surface area contributed by atoms with Crippen LogP contribution in [-0.4, -0.2) is 46.6 Å². The molecule has 2 heterocycles. The van der Waals surface area contributed by atoms with E-state index in [-0.39, 0.29) is 29.6 Å². The van der Waals surface area contributed by atoms with Gasteiger partial charge in [-0.05, 0) is 52.5 Å². The molecule has 2 rings (SSSR count). The predicted molar refractivity (Wildman–Crippen MR) is 101 cm³/mol. The van der Waals surface area contributed by atoms with Crippen molar-refractivity contribution in [3.05, 3.63) is 22.5 Å². The van der Waals surface area contributed by atoms with Gasteiger partial charge in [0.1, 0.15) is 5.69 Å². The molecular formula is C20H31N3O3. The number of ketones is 1. The van der Waals surface area contributed by atoms with Crippen LogP contribution in [0, 0.1) is 19.8 Å². The minimum absolute atomic E-state index is 0.0342. The Morgan fingerprint density at radius 1 is 1.23 bits per heavy atom. The number of hydrogen-bond donors (Lipinski definition) is 2. The first-order valence-electron chi connectivity index (χ1n) is 9.56. The number of aromatic nitrogens is 1. The molecule has 1 fully saturated rings. The van der Waals surface area contributed by atoms with E-state index in [0.717, 1.165) is 31.4 Å². The summed E-state index contributed by atoms with van der Waals surface area (Å²) in [4.78, 5) is 42.2. The molecule has 0 aromatic carbocycles. The molecule has 0 bridgehead atoms. The first-order valence-corrected chi connectivity index (χ1v) is 9.56. The van der Waals surface area contributed by atoms with Crippen molar-refractivity contribution in [3.8, 4) is 0 Å². The Bertz CT molecular complexity index is 693. The number of amides is 2. The lowest BCUT2D eigenvalue weighted by molar-refractivity contribution is -0.126. The molecule has 1 saturated heterocycles. The number of hydrogen-bond acceptors (Lipinski definition) is 3. The molecule has 1 aliphatic heterocycles. The zero-order valence-electron chi connectivity index (χ0n) is 16.6. The van der Waals surface area contributed by atoms with E-state index in [2.05, 4.69) is 17.2 Å². The predicted octanol–water partition coefficient (Wildman–Crippen LogP) is 2.99. The lowest BCUT2D eigenvalue weighted by atomic mass is 9.92. The number of aryl methyl sites for hydroxylation is 1. The zero-order valence-corrected chi connectivity index (χ0v) is 16.6. The summed E-state index contributed by atoms with van der Waals surface area (Å²) in [5.41, 5.74) is 2.47. The van der Waals surface area contributed by atoms with Gasteiger partial charge in [0.05, 0.1) is 5.92 Å². The van der Waals surface area contributed by atoms with Crippen molar-refractivity contribution in [1.29, 1.82) is 0 Å². The molecule has 2 atom stereocenters. The molecule has 2 unspecified atom stereocenters. The number of nitrogens with one attached hydrogen (secondary N) is 2. The monoisotopic (exact) mass is 361 g/mol. The third-order valence-electron chi connectivity index (χ3n) is 5.35. The summed E-state index contributed by atoms with van der Waals surface area (Å²) in [6.07, 6.45) is 3.60. The van der Waals surface area contributed by atoms with Crippen LogP contribution in [0.2, 0.25) is 0 Å². The number of H-pyrrole nitrogens is 1. The van der Waals surface area contributed by atoms with Gasteiger partial charge in [-0.25, -0.2) is 0 Å². The van der Waals surface area contributed by atoms with E-state index in [4.69, 9.17) is 0 Å². The van der Waals surface area contributed by atoms with Gasteiger partial charge in [-0.15, -0.1) is 0 Å². The van der Waals surface area contributed by atoms with Crippen LogP contribution < -0.4 is 5.32 Å². The first kappa shape index (κ1) is 20.2. The molecule has 0 radical (unpaired) electrons. The van der Waals surface area contributed by atoms with Crippen LogP contribution >= 0.6 is 0 Å². The van der Waals surface area contributed by atoms with Gasteiger partial charge in [0.2, 0.25) is 5.91 Å². The standard InChI is InChI=1S/C20H31N3O3/c1-6-7-10-21-19(25)16-9-8-12(2)23(11-16)20(26)18-13(3)17(15(5)24)14(4)22-18/h12,16,22H,6-11H2,1-5H3,(H,21,25). The summed E-state index contributed by atoms with van der Waals surface area (Å²) in [6, 6.07) is 0.0750. The van der Waals surface area contributed by atoms with E-state index in [0.29, 0.717) is 29.9 Å². The highest BCUT2D eigenvalue weighted by Crippen LogP contribution is 2.26. The average Bonchev–Trinajstić information content (AvgIpc) is 2.89. The van der Waals surface area contributed by atoms with Gasteiger partial charge >= 0.3 is 0 Å². The van der Waals surface area contributed by atoms with Crippen molar-refractivity contribution in [2.45, 2.75) is 66.3 Å². The number of unbranched alkanes of at least 4 members (excludes halogenated alkanes) is 1. The number of nitrogens with zero attached hydrogens (tertiary/aromatic N) is 1. The minimum atomic E-state index is -0.171. The van der Waals surface area contributed by atoms with Gasteiger partial charge in [0.25, 0.3) is 5.91 Å². The summed E-state index contributed by atoms with van der Waals surface area (Å²) >= 11 is 0. The molecular weight excluding hydrogens is 330 g/mol. The molecule has 2 amide bonds. The fraction of sp³-hybridized carbons (Fsp3) is 0.650. The Morgan fingerprint density at radius 3 is 2.50 bits per heavy atom. The normalized spacial score (nSPS) is 20.1. The SMILES string of the molecule is CCCCNC(=O)C1CCC(C)N(C(=O)c2[nH]c(C)c(C(C)=O)c2C)C1. The maximum Gasteiger partial charge on any atom is 0.270 e. The smallest absolute Gasteiger partial charge is 0.270 e. The highest BCUT2D eigenvalue weighted by Gasteiger charge is 2.34. The molecule has 0 saturated carbocycles. The molecule has 0 aliphatic carbocycles. The molecule has 6 nitrogen and oxygen atoms in total. The second-order valence-electron chi connectivity index (χ2n) is 7.41. The van der Waals surface area contributed by atoms with Crippen molar-refractivity contribution in [2.75, 3.05) is 13.1 Å². The van der Waals surface area contributed by atoms with E-state index in [1.807, 2.05) is 13.8 Å². The fourth-order valence-corrected chi connectivity index (χ4v) is 3.77.